The molecule has 0 aromatic heterocycles. The van der Waals surface area contributed by atoms with E-state index in [4.69, 9.17) is 0 Å². The van der Waals surface area contributed by atoms with Gasteiger partial charge in [0.1, 0.15) is 5.82 Å². The molecule has 0 spiro atoms. The third-order valence-corrected chi connectivity index (χ3v) is 6.67. The Bertz CT molecular complexity index is 703. The van der Waals surface area contributed by atoms with Gasteiger partial charge in [0.2, 0.25) is 5.91 Å². The van der Waals surface area contributed by atoms with Gasteiger partial charge in [-0.1, -0.05) is 12.1 Å². The molecule has 152 valence electrons. The van der Waals surface area contributed by atoms with Crippen molar-refractivity contribution in [2.45, 2.75) is 44.6 Å². The molecule has 2 amide bonds. The van der Waals surface area contributed by atoms with E-state index in [1.54, 1.807) is 23.1 Å². The number of carbonyl (C=O) groups is 2. The van der Waals surface area contributed by atoms with E-state index in [1.807, 2.05) is 4.90 Å². The van der Waals surface area contributed by atoms with Crippen LogP contribution in [0.5, 0.6) is 0 Å². The van der Waals surface area contributed by atoms with Gasteiger partial charge in [0.05, 0.1) is 5.56 Å². The van der Waals surface area contributed by atoms with Gasteiger partial charge in [-0.2, -0.15) is 0 Å². The van der Waals surface area contributed by atoms with Gasteiger partial charge in [-0.3, -0.25) is 9.59 Å². The van der Waals surface area contributed by atoms with Crippen molar-refractivity contribution in [3.8, 4) is 0 Å². The Morgan fingerprint density at radius 1 is 0.821 bits per heavy atom. The van der Waals surface area contributed by atoms with Crippen molar-refractivity contribution < 1.29 is 14.0 Å². The van der Waals surface area contributed by atoms with Crippen molar-refractivity contribution in [1.29, 1.82) is 0 Å². The topological polar surface area (TPSA) is 43.9 Å². The van der Waals surface area contributed by atoms with Gasteiger partial charge >= 0.3 is 0 Å². The Balaban J connectivity index is 1.25. The molecule has 3 fully saturated rings. The van der Waals surface area contributed by atoms with Gasteiger partial charge in [0.15, 0.2) is 0 Å². The molecule has 1 aromatic carbocycles. The highest BCUT2D eigenvalue weighted by molar-refractivity contribution is 5.94. The van der Waals surface area contributed by atoms with E-state index in [9.17, 15) is 14.0 Å². The minimum Gasteiger partial charge on any atom is -0.342 e. The molecule has 5 nitrogen and oxygen atoms in total. The molecule has 0 radical (unpaired) electrons. The SMILES string of the molecule is O=C(c1ccccc1F)N1CCC(N2CCC(C(=O)N3CCCC3)CC2)CC1. The van der Waals surface area contributed by atoms with Crippen molar-refractivity contribution >= 4 is 11.8 Å². The molecule has 3 saturated heterocycles. The van der Waals surface area contributed by atoms with Crippen LogP contribution in [0.3, 0.4) is 0 Å². The van der Waals surface area contributed by atoms with Crippen LogP contribution in [-0.4, -0.2) is 71.8 Å². The predicted molar refractivity (Wildman–Crippen MR) is 105 cm³/mol. The summed E-state index contributed by atoms with van der Waals surface area (Å²) in [4.78, 5) is 31.5. The number of piperidine rings is 2. The monoisotopic (exact) mass is 387 g/mol. The second-order valence-corrected chi connectivity index (χ2v) is 8.35. The maximum absolute atomic E-state index is 13.9. The first kappa shape index (κ1) is 19.4. The quantitative estimate of drug-likeness (QED) is 0.801. The zero-order valence-electron chi connectivity index (χ0n) is 16.5. The Hall–Kier alpha value is -1.95. The van der Waals surface area contributed by atoms with Crippen LogP contribution in [0.15, 0.2) is 24.3 Å². The number of hydrogen-bond donors (Lipinski definition) is 0. The van der Waals surface area contributed by atoms with Crippen molar-refractivity contribution in [2.75, 3.05) is 39.3 Å². The Morgan fingerprint density at radius 3 is 2.11 bits per heavy atom. The van der Waals surface area contributed by atoms with Crippen LogP contribution < -0.4 is 0 Å². The number of halogens is 1. The van der Waals surface area contributed by atoms with Crippen LogP contribution >= 0.6 is 0 Å². The van der Waals surface area contributed by atoms with E-state index in [0.29, 0.717) is 25.0 Å². The van der Waals surface area contributed by atoms with Crippen molar-refractivity contribution in [1.82, 2.24) is 14.7 Å². The zero-order chi connectivity index (χ0) is 19.5. The van der Waals surface area contributed by atoms with Gasteiger partial charge < -0.3 is 14.7 Å². The highest BCUT2D eigenvalue weighted by Gasteiger charge is 2.34. The molecule has 0 bridgehead atoms. The van der Waals surface area contributed by atoms with Crippen LogP contribution in [-0.2, 0) is 4.79 Å². The lowest BCUT2D eigenvalue weighted by atomic mass is 9.92. The van der Waals surface area contributed by atoms with Gasteiger partial charge in [-0.15, -0.1) is 0 Å². The standard InChI is InChI=1S/C22H30FN3O2/c23-20-6-2-1-5-19(20)22(28)26-15-9-18(10-16-26)24-13-7-17(8-14-24)21(27)25-11-3-4-12-25/h1-2,5-6,17-18H,3-4,7-16H2. The fourth-order valence-corrected chi connectivity index (χ4v) is 4.95. The molecule has 0 saturated carbocycles. The average molecular weight is 387 g/mol. The normalized spacial score (nSPS) is 22.6. The van der Waals surface area contributed by atoms with Gasteiger partial charge in [0, 0.05) is 38.1 Å². The van der Waals surface area contributed by atoms with Crippen LogP contribution in [0, 0.1) is 11.7 Å². The maximum Gasteiger partial charge on any atom is 0.256 e. The predicted octanol–water partition coefficient (Wildman–Crippen LogP) is 2.76. The molecular weight excluding hydrogens is 357 g/mol. The van der Waals surface area contributed by atoms with Crippen LogP contribution in [0.1, 0.15) is 48.9 Å². The van der Waals surface area contributed by atoms with E-state index in [2.05, 4.69) is 4.90 Å². The molecule has 3 aliphatic rings. The molecule has 3 aliphatic heterocycles. The lowest BCUT2D eigenvalue weighted by Gasteiger charge is -2.42. The number of hydrogen-bond acceptors (Lipinski definition) is 3. The fraction of sp³-hybridized carbons (Fsp3) is 0.636. The Labute approximate surface area is 166 Å². The minimum atomic E-state index is -0.445. The Morgan fingerprint density at radius 2 is 1.46 bits per heavy atom. The lowest BCUT2D eigenvalue weighted by Crippen LogP contribution is -2.50. The smallest absolute Gasteiger partial charge is 0.256 e. The summed E-state index contributed by atoms with van der Waals surface area (Å²) in [5.74, 6) is -0.0923. The zero-order valence-corrected chi connectivity index (χ0v) is 16.5. The molecule has 1 aromatic rings. The third kappa shape index (κ3) is 4.07. The van der Waals surface area contributed by atoms with Crippen LogP contribution in [0.25, 0.3) is 0 Å². The fourth-order valence-electron chi connectivity index (χ4n) is 4.95. The summed E-state index contributed by atoms with van der Waals surface area (Å²) in [5.41, 5.74) is 0.169. The number of carbonyl (C=O) groups excluding carboxylic acids is 2. The number of likely N-dealkylation sites (tertiary alicyclic amines) is 3. The first-order chi connectivity index (χ1) is 13.6. The largest absolute Gasteiger partial charge is 0.342 e. The summed E-state index contributed by atoms with van der Waals surface area (Å²) in [6.07, 6.45) is 6.03. The van der Waals surface area contributed by atoms with E-state index < -0.39 is 5.82 Å². The summed E-state index contributed by atoms with van der Waals surface area (Å²) >= 11 is 0. The summed E-state index contributed by atoms with van der Waals surface area (Å²) in [6, 6.07) is 6.68. The van der Waals surface area contributed by atoms with E-state index in [-0.39, 0.29) is 17.4 Å². The molecule has 3 heterocycles. The van der Waals surface area contributed by atoms with E-state index >= 15 is 0 Å². The summed E-state index contributed by atoms with van der Waals surface area (Å²) in [6.45, 7) is 5.16. The number of rotatable bonds is 3. The second kappa shape index (κ2) is 8.60. The second-order valence-electron chi connectivity index (χ2n) is 8.35. The highest BCUT2D eigenvalue weighted by atomic mass is 19.1. The van der Waals surface area contributed by atoms with Crippen molar-refractivity contribution in [3.63, 3.8) is 0 Å². The molecule has 0 unspecified atom stereocenters. The number of amides is 2. The molecular formula is C22H30FN3O2. The molecule has 6 heteroatoms. The van der Waals surface area contributed by atoms with Gasteiger partial charge in [-0.25, -0.2) is 4.39 Å². The van der Waals surface area contributed by atoms with Gasteiger partial charge in [-0.05, 0) is 63.7 Å². The first-order valence-electron chi connectivity index (χ1n) is 10.7. The van der Waals surface area contributed by atoms with Crippen LogP contribution in [0.2, 0.25) is 0 Å². The molecule has 0 atom stereocenters. The highest BCUT2D eigenvalue weighted by Crippen LogP contribution is 2.27. The summed E-state index contributed by atoms with van der Waals surface area (Å²) in [5, 5.41) is 0. The van der Waals surface area contributed by atoms with E-state index in [0.717, 1.165) is 64.7 Å². The number of benzene rings is 1. The molecule has 28 heavy (non-hydrogen) atoms. The molecule has 0 aliphatic carbocycles. The van der Waals surface area contributed by atoms with E-state index in [1.165, 1.54) is 6.07 Å². The maximum atomic E-state index is 13.9. The Kier molecular flexibility index (Phi) is 5.95. The van der Waals surface area contributed by atoms with Crippen molar-refractivity contribution in [2.24, 2.45) is 5.92 Å². The first-order valence-corrected chi connectivity index (χ1v) is 10.7. The minimum absolute atomic E-state index is 0.169. The third-order valence-electron chi connectivity index (χ3n) is 6.67. The molecule has 4 rings (SSSR count). The summed E-state index contributed by atoms with van der Waals surface area (Å²) in [7, 11) is 0. The summed E-state index contributed by atoms with van der Waals surface area (Å²) < 4.78 is 13.9. The lowest BCUT2D eigenvalue weighted by molar-refractivity contribution is -0.136. The average Bonchev–Trinajstić information content (AvgIpc) is 3.28. The number of nitrogens with zero attached hydrogens (tertiary/aromatic N) is 3. The van der Waals surface area contributed by atoms with Crippen LogP contribution in [0.4, 0.5) is 4.39 Å². The van der Waals surface area contributed by atoms with Crippen molar-refractivity contribution in [3.05, 3.63) is 35.6 Å². The van der Waals surface area contributed by atoms with Gasteiger partial charge in [0.25, 0.3) is 5.91 Å². The molecule has 0 N–H and O–H groups in total.